The number of carbonyl (C=O) groups is 1. The molecule has 0 saturated heterocycles. The van der Waals surface area contributed by atoms with Gasteiger partial charge >= 0.3 is 0 Å². The first kappa shape index (κ1) is 14.5. The molecule has 2 heterocycles. The van der Waals surface area contributed by atoms with Crippen LogP contribution >= 0.6 is 11.3 Å². The van der Waals surface area contributed by atoms with Gasteiger partial charge in [-0.3, -0.25) is 9.59 Å². The van der Waals surface area contributed by atoms with Crippen molar-refractivity contribution in [2.45, 2.75) is 19.4 Å². The Hall–Kier alpha value is -2.40. The number of para-hydroxylation sites is 1. The standard InChI is InChI=1S/C17H16N2O2S/c1-11(15-7-4-8-22-15)17(21)18-10-12-9-16(20)19-14-6-3-2-5-13(12)14/h2-9,11H,10H2,1H3,(H,18,21)(H,19,20). The molecule has 0 aliphatic carbocycles. The number of aromatic amines is 1. The summed E-state index contributed by atoms with van der Waals surface area (Å²) in [5.74, 6) is -0.222. The Bertz CT molecular complexity index is 852. The Labute approximate surface area is 131 Å². The summed E-state index contributed by atoms with van der Waals surface area (Å²) < 4.78 is 0. The van der Waals surface area contributed by atoms with Gasteiger partial charge in [-0.2, -0.15) is 0 Å². The number of nitrogens with one attached hydrogen (secondary N) is 2. The normalized spacial score (nSPS) is 12.2. The van der Waals surface area contributed by atoms with Gasteiger partial charge in [-0.25, -0.2) is 0 Å². The van der Waals surface area contributed by atoms with Gasteiger partial charge in [0.05, 0.1) is 5.92 Å². The highest BCUT2D eigenvalue weighted by atomic mass is 32.1. The predicted octanol–water partition coefficient (Wildman–Crippen LogP) is 3.01. The van der Waals surface area contributed by atoms with E-state index >= 15 is 0 Å². The van der Waals surface area contributed by atoms with Crippen LogP contribution in [0.5, 0.6) is 0 Å². The Morgan fingerprint density at radius 3 is 2.86 bits per heavy atom. The van der Waals surface area contributed by atoms with Crippen LogP contribution in [0.15, 0.2) is 52.6 Å². The Morgan fingerprint density at radius 1 is 1.27 bits per heavy atom. The lowest BCUT2D eigenvalue weighted by molar-refractivity contribution is -0.122. The zero-order valence-electron chi connectivity index (χ0n) is 12.1. The average Bonchev–Trinajstić information content (AvgIpc) is 3.05. The fraction of sp³-hybridized carbons (Fsp3) is 0.176. The fourth-order valence-electron chi connectivity index (χ4n) is 2.43. The largest absolute Gasteiger partial charge is 0.351 e. The van der Waals surface area contributed by atoms with Gasteiger partial charge in [0.1, 0.15) is 0 Å². The summed E-state index contributed by atoms with van der Waals surface area (Å²) in [5, 5.41) is 5.83. The van der Waals surface area contributed by atoms with Crippen molar-refractivity contribution in [2.24, 2.45) is 0 Å². The number of H-pyrrole nitrogens is 1. The van der Waals surface area contributed by atoms with Crippen LogP contribution in [0.3, 0.4) is 0 Å². The summed E-state index contributed by atoms with van der Waals surface area (Å²) in [6, 6.07) is 13.0. The number of fused-ring (bicyclic) bond motifs is 1. The third kappa shape index (κ3) is 2.94. The van der Waals surface area contributed by atoms with Gasteiger partial charge in [-0.1, -0.05) is 24.3 Å². The molecule has 0 fully saturated rings. The van der Waals surface area contributed by atoms with Crippen molar-refractivity contribution in [1.82, 2.24) is 10.3 Å². The van der Waals surface area contributed by atoms with Gasteiger partial charge in [0.2, 0.25) is 11.5 Å². The maximum Gasteiger partial charge on any atom is 0.248 e. The molecule has 3 rings (SSSR count). The monoisotopic (exact) mass is 312 g/mol. The highest BCUT2D eigenvalue weighted by molar-refractivity contribution is 7.10. The zero-order valence-corrected chi connectivity index (χ0v) is 12.9. The molecule has 4 nitrogen and oxygen atoms in total. The molecule has 0 radical (unpaired) electrons. The van der Waals surface area contributed by atoms with Crippen LogP contribution < -0.4 is 10.9 Å². The van der Waals surface area contributed by atoms with Crippen molar-refractivity contribution in [2.75, 3.05) is 0 Å². The lowest BCUT2D eigenvalue weighted by Gasteiger charge is -2.12. The highest BCUT2D eigenvalue weighted by Crippen LogP contribution is 2.21. The molecule has 112 valence electrons. The molecule has 0 spiro atoms. The van der Waals surface area contributed by atoms with Crippen molar-refractivity contribution >= 4 is 28.1 Å². The predicted molar refractivity (Wildman–Crippen MR) is 89.1 cm³/mol. The second kappa shape index (κ2) is 6.15. The minimum Gasteiger partial charge on any atom is -0.351 e. The molecule has 22 heavy (non-hydrogen) atoms. The van der Waals surface area contributed by atoms with E-state index in [1.54, 1.807) is 17.4 Å². The fourth-order valence-corrected chi connectivity index (χ4v) is 3.21. The van der Waals surface area contributed by atoms with Crippen LogP contribution in [0.4, 0.5) is 0 Å². The minimum absolute atomic E-state index is 0.0354. The number of aromatic nitrogens is 1. The molecule has 2 N–H and O–H groups in total. The molecule has 0 saturated carbocycles. The van der Waals surface area contributed by atoms with E-state index < -0.39 is 0 Å². The molecule has 5 heteroatoms. The lowest BCUT2D eigenvalue weighted by Crippen LogP contribution is -2.27. The van der Waals surface area contributed by atoms with Crippen LogP contribution in [-0.2, 0) is 11.3 Å². The number of benzene rings is 1. The number of pyridine rings is 1. The summed E-state index contributed by atoms with van der Waals surface area (Å²) in [4.78, 5) is 27.8. The molecule has 0 aliphatic heterocycles. The second-order valence-corrected chi connectivity index (χ2v) is 6.14. The maximum atomic E-state index is 12.2. The number of rotatable bonds is 4. The maximum absolute atomic E-state index is 12.2. The van der Waals surface area contributed by atoms with Crippen LogP contribution in [0, 0.1) is 0 Å². The first-order valence-electron chi connectivity index (χ1n) is 7.07. The first-order chi connectivity index (χ1) is 10.6. The third-order valence-electron chi connectivity index (χ3n) is 3.65. The smallest absolute Gasteiger partial charge is 0.248 e. The van der Waals surface area contributed by atoms with Gasteiger partial charge in [0.15, 0.2) is 0 Å². The van der Waals surface area contributed by atoms with Crippen molar-refractivity contribution in [3.05, 3.63) is 68.6 Å². The van der Waals surface area contributed by atoms with E-state index in [0.717, 1.165) is 21.3 Å². The molecule has 1 unspecified atom stereocenters. The van der Waals surface area contributed by atoms with E-state index in [0.29, 0.717) is 6.54 Å². The third-order valence-corrected chi connectivity index (χ3v) is 4.71. The highest BCUT2D eigenvalue weighted by Gasteiger charge is 2.16. The molecular formula is C17H16N2O2S. The second-order valence-electron chi connectivity index (χ2n) is 5.16. The molecule has 2 aromatic heterocycles. The number of carbonyl (C=O) groups excluding carboxylic acids is 1. The van der Waals surface area contributed by atoms with E-state index in [1.807, 2.05) is 48.7 Å². The Kier molecular flexibility index (Phi) is 4.06. The van der Waals surface area contributed by atoms with Crippen molar-refractivity contribution in [3.63, 3.8) is 0 Å². The van der Waals surface area contributed by atoms with E-state index in [4.69, 9.17) is 0 Å². The zero-order chi connectivity index (χ0) is 15.5. The molecule has 0 bridgehead atoms. The van der Waals surface area contributed by atoms with E-state index in [-0.39, 0.29) is 17.4 Å². The topological polar surface area (TPSA) is 62.0 Å². The lowest BCUT2D eigenvalue weighted by atomic mass is 10.1. The number of hydrogen-bond acceptors (Lipinski definition) is 3. The Morgan fingerprint density at radius 2 is 2.09 bits per heavy atom. The molecule has 0 aliphatic rings. The number of hydrogen-bond donors (Lipinski definition) is 2. The van der Waals surface area contributed by atoms with E-state index in [1.165, 1.54) is 0 Å². The minimum atomic E-state index is -0.187. The van der Waals surface area contributed by atoms with Crippen molar-refractivity contribution in [1.29, 1.82) is 0 Å². The first-order valence-corrected chi connectivity index (χ1v) is 7.95. The summed E-state index contributed by atoms with van der Waals surface area (Å²) in [7, 11) is 0. The quantitative estimate of drug-likeness (QED) is 0.778. The molecule has 1 amide bonds. The molecular weight excluding hydrogens is 296 g/mol. The summed E-state index contributed by atoms with van der Waals surface area (Å²) in [6.45, 7) is 2.23. The Balaban J connectivity index is 1.79. The van der Waals surface area contributed by atoms with Crippen molar-refractivity contribution in [3.8, 4) is 0 Å². The van der Waals surface area contributed by atoms with Crippen LogP contribution in [-0.4, -0.2) is 10.9 Å². The number of thiophene rings is 1. The van der Waals surface area contributed by atoms with Gasteiger partial charge < -0.3 is 10.3 Å². The molecule has 3 aromatic rings. The van der Waals surface area contributed by atoms with Crippen LogP contribution in [0.25, 0.3) is 10.9 Å². The van der Waals surface area contributed by atoms with E-state index in [2.05, 4.69) is 10.3 Å². The SMILES string of the molecule is CC(C(=O)NCc1cc(=O)[nH]c2ccccc12)c1cccs1. The summed E-state index contributed by atoms with van der Waals surface area (Å²) in [6.07, 6.45) is 0. The van der Waals surface area contributed by atoms with Crippen molar-refractivity contribution < 1.29 is 4.79 Å². The molecule has 1 atom stereocenters. The summed E-state index contributed by atoms with van der Waals surface area (Å²) in [5.41, 5.74) is 1.45. The summed E-state index contributed by atoms with van der Waals surface area (Å²) >= 11 is 1.57. The van der Waals surface area contributed by atoms with Gasteiger partial charge in [0.25, 0.3) is 0 Å². The van der Waals surface area contributed by atoms with Gasteiger partial charge in [-0.15, -0.1) is 11.3 Å². The average molecular weight is 312 g/mol. The van der Waals surface area contributed by atoms with Crippen LogP contribution in [0.1, 0.15) is 23.3 Å². The van der Waals surface area contributed by atoms with E-state index in [9.17, 15) is 9.59 Å². The molecule has 1 aromatic carbocycles. The van der Waals surface area contributed by atoms with Gasteiger partial charge in [0, 0.05) is 28.4 Å². The number of amides is 1. The van der Waals surface area contributed by atoms with Gasteiger partial charge in [-0.05, 0) is 30.0 Å². The van der Waals surface area contributed by atoms with Crippen LogP contribution in [0.2, 0.25) is 0 Å².